The monoisotopic (exact) mass is 343 g/mol. The molecule has 1 aliphatic carbocycles. The molecular weight excluding hydrogens is 318 g/mol. The fraction of sp³-hybridized carbons (Fsp3) is 0.450. The van der Waals surface area contributed by atoms with Gasteiger partial charge in [0.15, 0.2) is 0 Å². The highest BCUT2D eigenvalue weighted by molar-refractivity contribution is 6.06. The highest BCUT2D eigenvalue weighted by atomic mass is 16.6. The first-order valence-electron chi connectivity index (χ1n) is 8.76. The molecule has 3 rings (SSSR count). The minimum atomic E-state index is -0.484. The molecule has 1 fully saturated rings. The number of aromatic hydroxyl groups is 1. The van der Waals surface area contributed by atoms with Gasteiger partial charge in [-0.3, -0.25) is 4.79 Å². The summed E-state index contributed by atoms with van der Waals surface area (Å²) >= 11 is 0. The Morgan fingerprint density at radius 3 is 2.92 bits per heavy atom. The number of phenolic OH excluding ortho intramolecular Hbond substituents is 1. The quantitative estimate of drug-likeness (QED) is 0.815. The maximum Gasteiger partial charge on any atom is 0.255 e. The van der Waals surface area contributed by atoms with Crippen LogP contribution in [0.5, 0.6) is 5.75 Å². The lowest BCUT2D eigenvalue weighted by atomic mass is 9.90. The number of hydrogen-bond acceptors (Lipinski definition) is 4. The Labute approximate surface area is 148 Å². The topological polar surface area (TPSA) is 67.8 Å². The second-order valence-electron chi connectivity index (χ2n) is 6.84. The maximum absolute atomic E-state index is 12.5. The molecule has 5 heteroatoms. The molecule has 0 spiro atoms. The minimum absolute atomic E-state index is 0.0808. The number of anilines is 1. The third kappa shape index (κ3) is 3.56. The maximum atomic E-state index is 12.5. The number of amides is 1. The van der Waals surface area contributed by atoms with E-state index in [0.717, 1.165) is 12.0 Å². The minimum Gasteiger partial charge on any atom is -0.506 e. The first-order valence-corrected chi connectivity index (χ1v) is 8.76. The highest BCUT2D eigenvalue weighted by Gasteiger charge is 2.37. The van der Waals surface area contributed by atoms with E-state index in [9.17, 15) is 9.90 Å². The van der Waals surface area contributed by atoms with Crippen LogP contribution in [-0.4, -0.2) is 29.8 Å². The van der Waals surface area contributed by atoms with Gasteiger partial charge < -0.3 is 19.9 Å². The molecule has 2 atom stereocenters. The second-order valence-corrected chi connectivity index (χ2v) is 6.84. The molecule has 25 heavy (non-hydrogen) atoms. The number of ether oxygens (including phenoxy) is 2. The molecule has 1 aromatic carbocycles. The van der Waals surface area contributed by atoms with Crippen LogP contribution < -0.4 is 5.32 Å². The normalized spacial score (nSPS) is 23.6. The first-order chi connectivity index (χ1) is 11.9. The molecule has 0 bridgehead atoms. The fourth-order valence-electron chi connectivity index (χ4n) is 3.05. The number of fused-ring (bicyclic) bond motifs is 1. The van der Waals surface area contributed by atoms with Gasteiger partial charge >= 0.3 is 0 Å². The van der Waals surface area contributed by atoms with Gasteiger partial charge in [0.25, 0.3) is 5.91 Å². The number of carbonyl (C=O) groups excluding carboxylic acids is 1. The summed E-state index contributed by atoms with van der Waals surface area (Å²) in [5, 5.41) is 13.0. The van der Waals surface area contributed by atoms with Crippen LogP contribution in [0.3, 0.4) is 0 Å². The van der Waals surface area contributed by atoms with Crippen molar-refractivity contribution >= 4 is 11.6 Å². The van der Waals surface area contributed by atoms with Crippen LogP contribution in [0.15, 0.2) is 41.7 Å². The first kappa shape index (κ1) is 17.5. The molecule has 134 valence electrons. The number of carbonyl (C=O) groups is 1. The molecule has 0 radical (unpaired) electrons. The average Bonchev–Trinajstić information content (AvgIpc) is 2.61. The van der Waals surface area contributed by atoms with Gasteiger partial charge in [0, 0.05) is 12.0 Å². The van der Waals surface area contributed by atoms with Crippen molar-refractivity contribution in [3.05, 3.63) is 47.2 Å². The van der Waals surface area contributed by atoms with Crippen LogP contribution >= 0.6 is 0 Å². The van der Waals surface area contributed by atoms with E-state index in [1.165, 1.54) is 0 Å². The summed E-state index contributed by atoms with van der Waals surface area (Å²) in [4.78, 5) is 12.5. The van der Waals surface area contributed by atoms with Crippen molar-refractivity contribution in [3.63, 3.8) is 0 Å². The Morgan fingerprint density at radius 1 is 1.40 bits per heavy atom. The van der Waals surface area contributed by atoms with Crippen molar-refractivity contribution in [2.24, 2.45) is 0 Å². The average molecular weight is 343 g/mol. The molecule has 1 aliphatic heterocycles. The Hall–Kier alpha value is -2.27. The third-order valence-electron chi connectivity index (χ3n) is 4.99. The Kier molecular flexibility index (Phi) is 4.86. The van der Waals surface area contributed by atoms with Crippen molar-refractivity contribution in [2.45, 2.75) is 45.1 Å². The summed E-state index contributed by atoms with van der Waals surface area (Å²) in [5.74, 6) is 0.859. The summed E-state index contributed by atoms with van der Waals surface area (Å²) < 4.78 is 11.4. The zero-order valence-corrected chi connectivity index (χ0v) is 15.0. The van der Waals surface area contributed by atoms with Gasteiger partial charge in [-0.15, -0.1) is 0 Å². The summed E-state index contributed by atoms with van der Waals surface area (Å²) in [6.45, 7) is 7.22. The Balaban J connectivity index is 1.74. The molecular formula is C20H25NO4. The van der Waals surface area contributed by atoms with Gasteiger partial charge in [-0.1, -0.05) is 26.0 Å². The number of hydrogen-bond donors (Lipinski definition) is 2. The molecule has 1 heterocycles. The highest BCUT2D eigenvalue weighted by Crippen LogP contribution is 2.35. The van der Waals surface area contributed by atoms with Crippen molar-refractivity contribution in [1.29, 1.82) is 0 Å². The molecule has 2 unspecified atom stereocenters. The van der Waals surface area contributed by atoms with Crippen LogP contribution in [0.25, 0.3) is 0 Å². The molecule has 2 N–H and O–H groups in total. The lowest BCUT2D eigenvalue weighted by molar-refractivity contribution is -0.113. The SMILES string of the molecule is CCC(C)c1ccc(NC(=O)C2=CCC3(C)OCCOC3=C2)c(O)c1. The molecule has 0 aromatic heterocycles. The van der Waals surface area contributed by atoms with E-state index < -0.39 is 5.60 Å². The molecule has 2 aliphatic rings. The predicted molar refractivity (Wildman–Crippen MR) is 96.5 cm³/mol. The van der Waals surface area contributed by atoms with E-state index in [0.29, 0.717) is 42.6 Å². The summed E-state index contributed by atoms with van der Waals surface area (Å²) in [5.41, 5.74) is 1.50. The lowest BCUT2D eigenvalue weighted by Gasteiger charge is -2.37. The van der Waals surface area contributed by atoms with E-state index >= 15 is 0 Å². The molecule has 5 nitrogen and oxygen atoms in total. The number of nitrogens with one attached hydrogen (secondary N) is 1. The van der Waals surface area contributed by atoms with E-state index in [2.05, 4.69) is 19.2 Å². The van der Waals surface area contributed by atoms with E-state index in [-0.39, 0.29) is 11.7 Å². The smallest absolute Gasteiger partial charge is 0.255 e. The van der Waals surface area contributed by atoms with Gasteiger partial charge in [0.1, 0.15) is 23.7 Å². The van der Waals surface area contributed by atoms with Gasteiger partial charge in [0.2, 0.25) is 0 Å². The van der Waals surface area contributed by atoms with Gasteiger partial charge in [-0.25, -0.2) is 0 Å². The van der Waals surface area contributed by atoms with Crippen molar-refractivity contribution in [1.82, 2.24) is 0 Å². The van der Waals surface area contributed by atoms with Crippen LogP contribution in [0, 0.1) is 0 Å². The zero-order valence-electron chi connectivity index (χ0n) is 15.0. The van der Waals surface area contributed by atoms with Crippen LogP contribution in [-0.2, 0) is 14.3 Å². The Bertz CT molecular complexity index is 737. The van der Waals surface area contributed by atoms with E-state index in [1.54, 1.807) is 18.2 Å². The summed E-state index contributed by atoms with van der Waals surface area (Å²) in [6, 6.07) is 5.40. The number of benzene rings is 1. The predicted octanol–water partition coefficient (Wildman–Crippen LogP) is 3.86. The fourth-order valence-corrected chi connectivity index (χ4v) is 3.05. The van der Waals surface area contributed by atoms with Crippen molar-refractivity contribution in [3.8, 4) is 5.75 Å². The standard InChI is InChI=1S/C20H25NO4/c1-4-13(2)14-5-6-16(17(22)11-14)21-19(23)15-7-8-20(3)18(12-15)24-9-10-25-20/h5-7,11-13,22H,4,8-10H2,1-3H3,(H,21,23). The Morgan fingerprint density at radius 2 is 2.20 bits per heavy atom. The van der Waals surface area contributed by atoms with Gasteiger partial charge in [0.05, 0.1) is 12.3 Å². The van der Waals surface area contributed by atoms with Crippen molar-refractivity contribution < 1.29 is 19.4 Å². The number of phenols is 1. The number of rotatable bonds is 4. The molecule has 1 amide bonds. The van der Waals surface area contributed by atoms with Gasteiger partial charge in [-0.05, 0) is 43.0 Å². The lowest BCUT2D eigenvalue weighted by Crippen LogP contribution is -2.40. The largest absolute Gasteiger partial charge is 0.506 e. The van der Waals surface area contributed by atoms with Gasteiger partial charge in [-0.2, -0.15) is 0 Å². The second kappa shape index (κ2) is 6.92. The summed E-state index contributed by atoms with van der Waals surface area (Å²) in [6.07, 6.45) is 5.15. The summed E-state index contributed by atoms with van der Waals surface area (Å²) in [7, 11) is 0. The van der Waals surface area contributed by atoms with E-state index in [1.807, 2.05) is 19.1 Å². The van der Waals surface area contributed by atoms with Crippen molar-refractivity contribution in [2.75, 3.05) is 18.5 Å². The zero-order chi connectivity index (χ0) is 18.0. The van der Waals surface area contributed by atoms with Crippen LogP contribution in [0.1, 0.15) is 45.1 Å². The molecule has 1 saturated heterocycles. The molecule has 1 aromatic rings. The third-order valence-corrected chi connectivity index (χ3v) is 4.99. The van der Waals surface area contributed by atoms with Crippen LogP contribution in [0.2, 0.25) is 0 Å². The van der Waals surface area contributed by atoms with E-state index in [4.69, 9.17) is 9.47 Å². The van der Waals surface area contributed by atoms with Crippen LogP contribution in [0.4, 0.5) is 5.69 Å². The molecule has 0 saturated carbocycles.